The van der Waals surface area contributed by atoms with Gasteiger partial charge in [-0.05, 0) is 32.4 Å². The van der Waals surface area contributed by atoms with Gasteiger partial charge in [0.2, 0.25) is 5.76 Å². The second-order valence-corrected chi connectivity index (χ2v) is 5.38. The minimum atomic E-state index is -0.737. The third kappa shape index (κ3) is 4.25. The first kappa shape index (κ1) is 20.0. The maximum Gasteiger partial charge on any atom is 0.411 e. The molecule has 0 atom stereocenters. The smallest absolute Gasteiger partial charge is 0.411 e. The molecule has 0 aliphatic heterocycles. The van der Waals surface area contributed by atoms with E-state index >= 15 is 0 Å². The molecule has 0 unspecified atom stereocenters. The molecule has 144 valence electrons. The molecule has 2 aromatic rings. The number of esters is 1. The Hall–Kier alpha value is -3.36. The van der Waals surface area contributed by atoms with E-state index in [1.807, 2.05) is 6.92 Å². The first-order chi connectivity index (χ1) is 13.0. The molecule has 0 bridgehead atoms. The summed E-state index contributed by atoms with van der Waals surface area (Å²) in [6.07, 6.45) is 2.20. The van der Waals surface area contributed by atoms with Crippen LogP contribution in [0.4, 0.5) is 10.5 Å². The lowest BCUT2D eigenvalue weighted by Gasteiger charge is -2.07. The number of carbonyl (C=O) groups is 2. The van der Waals surface area contributed by atoms with Crippen molar-refractivity contribution in [3.05, 3.63) is 29.3 Å². The largest absolute Gasteiger partial charge is 0.460 e. The fourth-order valence-electron chi connectivity index (χ4n) is 2.45. The minimum absolute atomic E-state index is 0.0768. The van der Waals surface area contributed by atoms with E-state index in [4.69, 9.17) is 19.6 Å². The Morgan fingerprint density at radius 2 is 2.04 bits per heavy atom. The number of amides is 1. The van der Waals surface area contributed by atoms with E-state index < -0.39 is 12.1 Å². The van der Waals surface area contributed by atoms with Crippen LogP contribution in [0.2, 0.25) is 0 Å². The van der Waals surface area contributed by atoms with Gasteiger partial charge in [0.25, 0.3) is 0 Å². The number of nitrogens with two attached hydrogens (primary N) is 1. The molecule has 1 amide bonds. The average Bonchev–Trinajstić information content (AvgIpc) is 2.97. The lowest BCUT2D eigenvalue weighted by atomic mass is 10.1. The lowest BCUT2D eigenvalue weighted by molar-refractivity contribution is 0.0494. The molecule has 2 rings (SSSR count). The van der Waals surface area contributed by atoms with Gasteiger partial charge in [-0.15, -0.1) is 0 Å². The Morgan fingerprint density at radius 1 is 1.33 bits per heavy atom. The molecule has 0 saturated heterocycles. The number of aliphatic imine (C=N–C) groups is 1. The Balaban J connectivity index is 2.69. The van der Waals surface area contributed by atoms with Gasteiger partial charge in [0.15, 0.2) is 5.58 Å². The van der Waals surface area contributed by atoms with Crippen molar-refractivity contribution in [2.24, 2.45) is 10.7 Å². The third-order valence-electron chi connectivity index (χ3n) is 3.54. The Kier molecular flexibility index (Phi) is 6.53. The van der Waals surface area contributed by atoms with Crippen LogP contribution in [-0.2, 0) is 9.47 Å². The van der Waals surface area contributed by atoms with Crippen LogP contribution in [0, 0.1) is 6.92 Å². The van der Waals surface area contributed by atoms with Crippen molar-refractivity contribution in [2.75, 3.05) is 25.6 Å². The lowest BCUT2D eigenvalue weighted by Crippen LogP contribution is -2.16. The van der Waals surface area contributed by atoms with Crippen molar-refractivity contribution in [2.45, 2.75) is 20.8 Å². The second kappa shape index (κ2) is 8.84. The molecule has 9 nitrogen and oxygen atoms in total. The fourth-order valence-corrected chi connectivity index (χ4v) is 2.45. The SMILES string of the molecule is CCOC(=O)Nc1c(C(=O)OCC)oc2cc(C)c(/C(C=NC)=C/N)nc12. The van der Waals surface area contributed by atoms with Crippen LogP contribution in [0.1, 0.15) is 35.7 Å². The predicted molar refractivity (Wildman–Crippen MR) is 102 cm³/mol. The summed E-state index contributed by atoms with van der Waals surface area (Å²) in [5, 5.41) is 2.51. The number of furan rings is 1. The number of aromatic nitrogens is 1. The minimum Gasteiger partial charge on any atom is -0.460 e. The maximum absolute atomic E-state index is 12.2. The number of nitrogens with one attached hydrogen (secondary N) is 1. The molecule has 0 spiro atoms. The Labute approximate surface area is 156 Å². The number of anilines is 1. The van der Waals surface area contributed by atoms with E-state index in [0.717, 1.165) is 5.56 Å². The first-order valence-electron chi connectivity index (χ1n) is 8.36. The average molecular weight is 374 g/mol. The van der Waals surface area contributed by atoms with Gasteiger partial charge in [0, 0.05) is 25.0 Å². The van der Waals surface area contributed by atoms with E-state index in [2.05, 4.69) is 15.3 Å². The van der Waals surface area contributed by atoms with Crippen molar-refractivity contribution in [3.63, 3.8) is 0 Å². The number of rotatable bonds is 6. The van der Waals surface area contributed by atoms with E-state index in [1.165, 1.54) is 6.20 Å². The topological polar surface area (TPSA) is 129 Å². The number of carbonyl (C=O) groups excluding carboxylic acids is 2. The molecule has 0 radical (unpaired) electrons. The summed E-state index contributed by atoms with van der Waals surface area (Å²) < 4.78 is 15.5. The molecule has 2 heterocycles. The summed E-state index contributed by atoms with van der Waals surface area (Å²) in [6.45, 7) is 5.48. The van der Waals surface area contributed by atoms with Gasteiger partial charge < -0.3 is 19.6 Å². The summed E-state index contributed by atoms with van der Waals surface area (Å²) in [5.41, 5.74) is 8.22. The Morgan fingerprint density at radius 3 is 2.63 bits per heavy atom. The van der Waals surface area contributed by atoms with Crippen LogP contribution in [0.3, 0.4) is 0 Å². The van der Waals surface area contributed by atoms with Gasteiger partial charge in [-0.1, -0.05) is 0 Å². The van der Waals surface area contributed by atoms with Crippen LogP contribution >= 0.6 is 0 Å². The number of hydrogen-bond acceptors (Lipinski definition) is 8. The van der Waals surface area contributed by atoms with Gasteiger partial charge in [0.1, 0.15) is 11.2 Å². The zero-order chi connectivity index (χ0) is 20.0. The highest BCUT2D eigenvalue weighted by atomic mass is 16.6. The molecule has 2 aromatic heterocycles. The highest BCUT2D eigenvalue weighted by Gasteiger charge is 2.26. The number of pyridine rings is 1. The van der Waals surface area contributed by atoms with Crippen molar-refractivity contribution < 1.29 is 23.5 Å². The van der Waals surface area contributed by atoms with Crippen LogP contribution in [0.15, 0.2) is 21.7 Å². The number of nitrogens with zero attached hydrogens (tertiary/aromatic N) is 2. The summed E-state index contributed by atoms with van der Waals surface area (Å²) in [6, 6.07) is 1.70. The molecule has 0 aromatic carbocycles. The number of fused-ring (bicyclic) bond motifs is 1. The standard InChI is InChI=1S/C18H22N4O5/c1-5-25-17(23)16-15(22-18(24)26-6-2)14-12(27-16)7-10(3)13(21-14)11(8-19)9-20-4/h7-9H,5-6,19H2,1-4H3,(H,22,24)/b11-8+,20-9?. The van der Waals surface area contributed by atoms with E-state index in [0.29, 0.717) is 16.9 Å². The van der Waals surface area contributed by atoms with Crippen molar-refractivity contribution in [1.82, 2.24) is 4.98 Å². The quantitative estimate of drug-likeness (QED) is 0.587. The molecule has 0 fully saturated rings. The van der Waals surface area contributed by atoms with Crippen LogP contribution in [-0.4, -0.2) is 43.5 Å². The molecule has 0 aliphatic rings. The number of allylic oxidation sites excluding steroid dienone is 1. The Bertz CT molecular complexity index is 914. The molecular formula is C18H22N4O5. The van der Waals surface area contributed by atoms with Crippen molar-refractivity contribution in [3.8, 4) is 0 Å². The molecule has 0 saturated carbocycles. The number of hydrogen-bond donors (Lipinski definition) is 2. The monoisotopic (exact) mass is 374 g/mol. The summed E-state index contributed by atoms with van der Waals surface area (Å²) >= 11 is 0. The van der Waals surface area contributed by atoms with E-state index in [-0.39, 0.29) is 30.2 Å². The summed E-state index contributed by atoms with van der Waals surface area (Å²) in [4.78, 5) is 32.7. The highest BCUT2D eigenvalue weighted by Crippen LogP contribution is 2.33. The fraction of sp³-hybridized carbons (Fsp3) is 0.333. The number of ether oxygens (including phenoxy) is 2. The second-order valence-electron chi connectivity index (χ2n) is 5.38. The summed E-state index contributed by atoms with van der Waals surface area (Å²) in [7, 11) is 1.61. The molecule has 27 heavy (non-hydrogen) atoms. The van der Waals surface area contributed by atoms with E-state index in [1.54, 1.807) is 33.2 Å². The van der Waals surface area contributed by atoms with Gasteiger partial charge in [-0.2, -0.15) is 0 Å². The highest BCUT2D eigenvalue weighted by molar-refractivity contribution is 6.11. The normalized spacial score (nSPS) is 11.8. The molecule has 9 heteroatoms. The number of aryl methyl sites for hydroxylation is 1. The molecular weight excluding hydrogens is 352 g/mol. The zero-order valence-electron chi connectivity index (χ0n) is 15.7. The maximum atomic E-state index is 12.2. The van der Waals surface area contributed by atoms with Crippen LogP contribution < -0.4 is 11.1 Å². The van der Waals surface area contributed by atoms with Crippen LogP contribution in [0.25, 0.3) is 16.7 Å². The molecule has 3 N–H and O–H groups in total. The van der Waals surface area contributed by atoms with Gasteiger partial charge in [-0.25, -0.2) is 14.6 Å². The summed E-state index contributed by atoms with van der Waals surface area (Å²) in [5.74, 6) is -0.877. The molecule has 0 aliphatic carbocycles. The van der Waals surface area contributed by atoms with Gasteiger partial charge in [0.05, 0.1) is 18.9 Å². The first-order valence-corrected chi connectivity index (χ1v) is 8.36. The van der Waals surface area contributed by atoms with Crippen LogP contribution in [0.5, 0.6) is 0 Å². The van der Waals surface area contributed by atoms with Crippen molar-refractivity contribution >= 4 is 40.6 Å². The van der Waals surface area contributed by atoms with Gasteiger partial charge in [-0.3, -0.25) is 10.3 Å². The predicted octanol–water partition coefficient (Wildman–Crippen LogP) is 2.88. The zero-order valence-corrected chi connectivity index (χ0v) is 15.7. The van der Waals surface area contributed by atoms with E-state index in [9.17, 15) is 9.59 Å². The van der Waals surface area contributed by atoms with Gasteiger partial charge >= 0.3 is 12.1 Å². The van der Waals surface area contributed by atoms with Crippen molar-refractivity contribution in [1.29, 1.82) is 0 Å². The third-order valence-corrected chi connectivity index (χ3v) is 3.54.